The van der Waals surface area contributed by atoms with Crippen molar-refractivity contribution in [1.29, 1.82) is 0 Å². The van der Waals surface area contributed by atoms with Gasteiger partial charge in [-0.2, -0.15) is 0 Å². The molecule has 10 heteroatoms. The molecule has 1 amide bonds. The van der Waals surface area contributed by atoms with Crippen LogP contribution in [-0.2, 0) is 27.2 Å². The van der Waals surface area contributed by atoms with Gasteiger partial charge in [-0.25, -0.2) is 14.0 Å². The highest BCUT2D eigenvalue weighted by atomic mass is 32.1. The number of aromatic nitrogens is 1. The van der Waals surface area contributed by atoms with Gasteiger partial charge in [-0.05, 0) is 56.0 Å². The van der Waals surface area contributed by atoms with Crippen LogP contribution in [0.5, 0.6) is 0 Å². The molecule has 0 radical (unpaired) electrons. The summed E-state index contributed by atoms with van der Waals surface area (Å²) in [6, 6.07) is 13.7. The van der Waals surface area contributed by atoms with Crippen LogP contribution in [0.4, 0.5) is 14.0 Å². The summed E-state index contributed by atoms with van der Waals surface area (Å²) in [7, 11) is 0. The Balaban J connectivity index is 1.43. The van der Waals surface area contributed by atoms with E-state index in [-0.39, 0.29) is 18.4 Å². The van der Waals surface area contributed by atoms with Crippen molar-refractivity contribution in [3.63, 3.8) is 0 Å². The third-order valence-corrected chi connectivity index (χ3v) is 6.50. The largest absolute Gasteiger partial charge is 0.509 e. The van der Waals surface area contributed by atoms with E-state index in [1.807, 2.05) is 30.5 Å². The molecule has 1 aliphatic rings. The zero-order valence-electron chi connectivity index (χ0n) is 20.9. The molecule has 0 bridgehead atoms. The SMILES string of the molecule is CC(C)(C)OC(=O)OC1CN[C@H](Cc2ccc(-c3cncs3)cc2)[C@@H]1OC(=O)NCc1cccc(F)c1. The zero-order chi connectivity index (χ0) is 26.4. The smallest absolute Gasteiger partial charge is 0.441 e. The summed E-state index contributed by atoms with van der Waals surface area (Å²) in [6.45, 7) is 5.62. The second kappa shape index (κ2) is 11.7. The van der Waals surface area contributed by atoms with Gasteiger partial charge in [-0.15, -0.1) is 11.3 Å². The molecule has 4 rings (SSSR count). The first kappa shape index (κ1) is 26.6. The van der Waals surface area contributed by atoms with E-state index in [9.17, 15) is 14.0 Å². The van der Waals surface area contributed by atoms with Gasteiger partial charge in [-0.3, -0.25) is 4.98 Å². The van der Waals surface area contributed by atoms with Gasteiger partial charge in [0.15, 0.2) is 12.2 Å². The van der Waals surface area contributed by atoms with Crippen molar-refractivity contribution >= 4 is 23.6 Å². The molecule has 1 aliphatic heterocycles. The molecule has 2 heterocycles. The Morgan fingerprint density at radius 1 is 1.14 bits per heavy atom. The van der Waals surface area contributed by atoms with Crippen molar-refractivity contribution in [2.24, 2.45) is 0 Å². The molecule has 0 aliphatic carbocycles. The minimum atomic E-state index is -0.831. The highest BCUT2D eigenvalue weighted by Gasteiger charge is 2.42. The van der Waals surface area contributed by atoms with Crippen LogP contribution in [0.15, 0.2) is 60.2 Å². The topological polar surface area (TPSA) is 98.8 Å². The molecule has 8 nitrogen and oxygen atoms in total. The van der Waals surface area contributed by atoms with E-state index in [4.69, 9.17) is 14.2 Å². The third kappa shape index (κ3) is 7.74. The van der Waals surface area contributed by atoms with Crippen LogP contribution in [-0.4, -0.2) is 47.6 Å². The van der Waals surface area contributed by atoms with Crippen molar-refractivity contribution in [1.82, 2.24) is 15.6 Å². The summed E-state index contributed by atoms with van der Waals surface area (Å²) in [5.74, 6) is -0.389. The number of carbonyl (C=O) groups excluding carboxylic acids is 2. The Hall–Kier alpha value is -3.50. The molecule has 2 aromatic carbocycles. The maximum absolute atomic E-state index is 13.5. The summed E-state index contributed by atoms with van der Waals surface area (Å²) < 4.78 is 30.0. The Morgan fingerprint density at radius 3 is 2.59 bits per heavy atom. The lowest BCUT2D eigenvalue weighted by Gasteiger charge is -2.26. The van der Waals surface area contributed by atoms with Gasteiger partial charge in [0.05, 0.1) is 16.4 Å². The molecule has 2 N–H and O–H groups in total. The monoisotopic (exact) mass is 527 g/mol. The number of benzene rings is 2. The summed E-state index contributed by atoms with van der Waals surface area (Å²) in [5, 5.41) is 5.95. The molecule has 3 aromatic rings. The maximum atomic E-state index is 13.5. The van der Waals surface area contributed by atoms with E-state index in [2.05, 4.69) is 15.6 Å². The molecule has 0 saturated carbocycles. The van der Waals surface area contributed by atoms with Crippen molar-refractivity contribution in [3.05, 3.63) is 77.2 Å². The second-order valence-electron chi connectivity index (χ2n) is 9.76. The van der Waals surface area contributed by atoms with E-state index in [0.29, 0.717) is 18.5 Å². The fourth-order valence-electron chi connectivity index (χ4n) is 4.02. The van der Waals surface area contributed by atoms with Gasteiger partial charge in [-0.1, -0.05) is 36.4 Å². The maximum Gasteiger partial charge on any atom is 0.509 e. The number of thiazole rings is 1. The molecule has 0 spiro atoms. The van der Waals surface area contributed by atoms with Crippen LogP contribution < -0.4 is 10.6 Å². The Bertz CT molecular complexity index is 1200. The molecule has 3 atom stereocenters. The standard InChI is InChI=1S/C27H30FN3O5S/c1-27(2,3)36-26(33)34-22-14-30-21(12-17-7-9-19(10-8-17)23-15-29-16-37-23)24(22)35-25(32)31-13-18-5-4-6-20(28)11-18/h4-11,15-16,21-22,24,30H,12-14H2,1-3H3,(H,31,32)/t21-,22?,24+/m1/s1. The predicted octanol–water partition coefficient (Wildman–Crippen LogP) is 5.08. The lowest BCUT2D eigenvalue weighted by Crippen LogP contribution is -2.43. The zero-order valence-corrected chi connectivity index (χ0v) is 21.7. The predicted molar refractivity (Wildman–Crippen MR) is 138 cm³/mol. The van der Waals surface area contributed by atoms with E-state index < -0.39 is 30.1 Å². The highest BCUT2D eigenvalue weighted by molar-refractivity contribution is 7.13. The summed E-state index contributed by atoms with van der Waals surface area (Å²) in [4.78, 5) is 30.2. The van der Waals surface area contributed by atoms with E-state index in [1.54, 1.807) is 49.8 Å². The first-order valence-corrected chi connectivity index (χ1v) is 12.8. The third-order valence-electron chi connectivity index (χ3n) is 5.68. The quantitative estimate of drug-likeness (QED) is 0.414. The van der Waals surface area contributed by atoms with Gasteiger partial charge in [0, 0.05) is 19.3 Å². The summed E-state index contributed by atoms with van der Waals surface area (Å²) in [5.41, 5.74) is 3.76. The first-order valence-electron chi connectivity index (χ1n) is 12.0. The van der Waals surface area contributed by atoms with E-state index >= 15 is 0 Å². The number of carbonyl (C=O) groups is 2. The van der Waals surface area contributed by atoms with Crippen molar-refractivity contribution in [2.45, 2.75) is 57.6 Å². The van der Waals surface area contributed by atoms with Crippen LogP contribution in [0.3, 0.4) is 0 Å². The van der Waals surface area contributed by atoms with Crippen molar-refractivity contribution < 1.29 is 28.2 Å². The number of amides is 1. The van der Waals surface area contributed by atoms with Crippen LogP contribution in [0.1, 0.15) is 31.9 Å². The first-order chi connectivity index (χ1) is 17.7. The molecule has 37 heavy (non-hydrogen) atoms. The molecule has 1 unspecified atom stereocenters. The van der Waals surface area contributed by atoms with Crippen LogP contribution in [0, 0.1) is 5.82 Å². The number of alkyl carbamates (subject to hydrolysis) is 1. The highest BCUT2D eigenvalue weighted by Crippen LogP contribution is 2.25. The number of ether oxygens (including phenoxy) is 3. The lowest BCUT2D eigenvalue weighted by atomic mass is 10.0. The molecular formula is C27H30FN3O5S. The average molecular weight is 528 g/mol. The Morgan fingerprint density at radius 2 is 1.92 bits per heavy atom. The van der Waals surface area contributed by atoms with Crippen LogP contribution in [0.2, 0.25) is 0 Å². The minimum absolute atomic E-state index is 0.0953. The molecule has 1 fully saturated rings. The fraction of sp³-hybridized carbons (Fsp3) is 0.370. The van der Waals surface area contributed by atoms with E-state index in [0.717, 1.165) is 16.0 Å². The summed E-state index contributed by atoms with van der Waals surface area (Å²) in [6.07, 6.45) is -0.663. The minimum Gasteiger partial charge on any atom is -0.441 e. The fourth-order valence-corrected chi connectivity index (χ4v) is 4.64. The molecular weight excluding hydrogens is 497 g/mol. The normalized spacial score (nSPS) is 19.3. The van der Waals surface area contributed by atoms with Crippen molar-refractivity contribution in [2.75, 3.05) is 6.54 Å². The van der Waals surface area contributed by atoms with Gasteiger partial charge >= 0.3 is 12.2 Å². The second-order valence-corrected chi connectivity index (χ2v) is 10.6. The number of hydrogen-bond donors (Lipinski definition) is 2. The number of hydrogen-bond acceptors (Lipinski definition) is 8. The van der Waals surface area contributed by atoms with Gasteiger partial charge < -0.3 is 24.8 Å². The average Bonchev–Trinajstić information content (AvgIpc) is 3.49. The van der Waals surface area contributed by atoms with Crippen LogP contribution in [0.25, 0.3) is 10.4 Å². The number of halogens is 1. The molecule has 1 saturated heterocycles. The van der Waals surface area contributed by atoms with Crippen molar-refractivity contribution in [3.8, 4) is 10.4 Å². The van der Waals surface area contributed by atoms with Crippen LogP contribution >= 0.6 is 11.3 Å². The number of nitrogens with zero attached hydrogens (tertiary/aromatic N) is 1. The number of rotatable bonds is 7. The lowest BCUT2D eigenvalue weighted by molar-refractivity contribution is -0.0518. The van der Waals surface area contributed by atoms with Gasteiger partial charge in [0.25, 0.3) is 0 Å². The Labute approximate surface area is 219 Å². The Kier molecular flexibility index (Phi) is 8.40. The van der Waals surface area contributed by atoms with Gasteiger partial charge in [0.1, 0.15) is 11.4 Å². The van der Waals surface area contributed by atoms with E-state index in [1.165, 1.54) is 12.1 Å². The van der Waals surface area contributed by atoms with Gasteiger partial charge in [0.2, 0.25) is 0 Å². The summed E-state index contributed by atoms with van der Waals surface area (Å²) >= 11 is 1.57. The molecule has 1 aromatic heterocycles. The number of nitrogens with one attached hydrogen (secondary N) is 2. The molecule has 196 valence electrons.